The Hall–Kier alpha value is -4.11. The summed E-state index contributed by atoms with van der Waals surface area (Å²) in [7, 11) is 1.24. The van der Waals surface area contributed by atoms with Crippen LogP contribution in [-0.4, -0.2) is 45.0 Å². The Kier molecular flexibility index (Phi) is 6.14. The molecule has 0 fully saturated rings. The number of carbonyl (C=O) groups excluding carboxylic acids is 1. The van der Waals surface area contributed by atoms with Gasteiger partial charge in [0.25, 0.3) is 5.56 Å². The number of aromatic hydroxyl groups is 1. The number of hydrogen-bond donors (Lipinski definition) is 3. The number of benzene rings is 2. The van der Waals surface area contributed by atoms with Gasteiger partial charge in [-0.05, 0) is 23.8 Å². The van der Waals surface area contributed by atoms with Crippen molar-refractivity contribution in [3.05, 3.63) is 91.7 Å². The summed E-state index contributed by atoms with van der Waals surface area (Å²) in [5, 5.41) is 11.8. The summed E-state index contributed by atoms with van der Waals surface area (Å²) in [5.74, 6) is -1.27. The average molecular weight is 467 g/mol. The molecule has 9 nitrogen and oxygen atoms in total. The number of aromatic amines is 2. The van der Waals surface area contributed by atoms with E-state index >= 15 is 0 Å². The van der Waals surface area contributed by atoms with Crippen LogP contribution in [0, 0.1) is 0 Å². The number of carbonyl (C=O) groups is 1. The third-order valence-corrected chi connectivity index (χ3v) is 5.48. The van der Waals surface area contributed by atoms with Crippen molar-refractivity contribution < 1.29 is 14.6 Å². The van der Waals surface area contributed by atoms with Gasteiger partial charge in [-0.2, -0.15) is 0 Å². The van der Waals surface area contributed by atoms with E-state index in [0.717, 1.165) is 27.2 Å². The van der Waals surface area contributed by atoms with Gasteiger partial charge in [0.05, 0.1) is 17.8 Å². The number of aliphatic imine (C=N–C) groups is 1. The minimum absolute atomic E-state index is 0.177. The molecule has 4 rings (SSSR count). The van der Waals surface area contributed by atoms with Gasteiger partial charge in [-0.25, -0.2) is 14.2 Å². The molecule has 2 aromatic carbocycles. The van der Waals surface area contributed by atoms with E-state index in [1.807, 2.05) is 24.3 Å². The fourth-order valence-corrected chi connectivity index (χ4v) is 3.74. The first-order valence-corrected chi connectivity index (χ1v) is 10.3. The molecule has 10 heteroatoms. The summed E-state index contributed by atoms with van der Waals surface area (Å²) in [4.78, 5) is 46.6. The van der Waals surface area contributed by atoms with Gasteiger partial charge in [0, 0.05) is 29.7 Å². The second-order valence-corrected chi connectivity index (χ2v) is 7.57. The minimum Gasteiger partial charge on any atom is -0.493 e. The standard InChI is InChI=1S/C23H19ClN4O5/c1-33-22(31)18(10-13-11-25-17-8-4-2-6-14(13)17)26-12-15-20(29)27-23(32)28(21(15)30)19-9-5-3-7-16(19)24/h2-9,11-12,18,25,30H,10H2,1H3,(H,27,29,32)/t18-/m0/s1. The number of para-hydroxylation sites is 2. The quantitative estimate of drug-likeness (QED) is 0.297. The maximum Gasteiger partial charge on any atom is 0.335 e. The number of H-pyrrole nitrogens is 2. The van der Waals surface area contributed by atoms with Crippen LogP contribution in [0.15, 0.2) is 69.3 Å². The monoisotopic (exact) mass is 466 g/mol. The lowest BCUT2D eigenvalue weighted by Gasteiger charge is -2.12. The van der Waals surface area contributed by atoms with Crippen LogP contribution in [0.4, 0.5) is 0 Å². The van der Waals surface area contributed by atoms with E-state index in [1.165, 1.54) is 19.2 Å². The first-order chi connectivity index (χ1) is 15.9. The maximum absolute atomic E-state index is 12.4. The number of fused-ring (bicyclic) bond motifs is 1. The van der Waals surface area contributed by atoms with E-state index in [2.05, 4.69) is 15.0 Å². The van der Waals surface area contributed by atoms with Crippen LogP contribution in [0.2, 0.25) is 5.02 Å². The van der Waals surface area contributed by atoms with E-state index in [-0.39, 0.29) is 22.7 Å². The highest BCUT2D eigenvalue weighted by atomic mass is 35.5. The number of ether oxygens (including phenoxy) is 1. The fraction of sp³-hybridized carbons (Fsp3) is 0.130. The van der Waals surface area contributed by atoms with Crippen LogP contribution in [-0.2, 0) is 16.0 Å². The molecule has 33 heavy (non-hydrogen) atoms. The zero-order chi connectivity index (χ0) is 23.5. The SMILES string of the molecule is COC(=O)[C@H](Cc1c[nH]c2ccccc12)N=Cc1c(O)n(-c2ccccc2Cl)c(=O)[nH]c1=O. The molecule has 0 aliphatic carbocycles. The molecule has 2 aromatic heterocycles. The number of methoxy groups -OCH3 is 1. The van der Waals surface area contributed by atoms with Gasteiger partial charge in [-0.15, -0.1) is 0 Å². The molecule has 0 saturated carbocycles. The zero-order valence-corrected chi connectivity index (χ0v) is 18.2. The Balaban J connectivity index is 1.75. The first kappa shape index (κ1) is 22.1. The molecule has 3 N–H and O–H groups in total. The second kappa shape index (κ2) is 9.17. The lowest BCUT2D eigenvalue weighted by atomic mass is 10.1. The number of halogens is 1. The van der Waals surface area contributed by atoms with Crippen LogP contribution in [0.3, 0.4) is 0 Å². The molecule has 0 saturated heterocycles. The number of aromatic nitrogens is 3. The number of nitrogens with zero attached hydrogens (tertiary/aromatic N) is 2. The highest BCUT2D eigenvalue weighted by Crippen LogP contribution is 2.23. The van der Waals surface area contributed by atoms with Crippen LogP contribution >= 0.6 is 11.6 Å². The Morgan fingerprint density at radius 3 is 2.70 bits per heavy atom. The summed E-state index contributed by atoms with van der Waals surface area (Å²) in [6, 6.07) is 12.9. The molecule has 1 atom stereocenters. The van der Waals surface area contributed by atoms with Crippen molar-refractivity contribution >= 4 is 34.7 Å². The highest BCUT2D eigenvalue weighted by Gasteiger charge is 2.21. The van der Waals surface area contributed by atoms with Gasteiger partial charge in [-0.3, -0.25) is 14.8 Å². The van der Waals surface area contributed by atoms with Crippen molar-refractivity contribution in [3.63, 3.8) is 0 Å². The Morgan fingerprint density at radius 2 is 1.94 bits per heavy atom. The van der Waals surface area contributed by atoms with Crippen molar-refractivity contribution in [3.8, 4) is 11.6 Å². The summed E-state index contributed by atoms with van der Waals surface area (Å²) >= 11 is 6.15. The number of nitrogens with one attached hydrogen (secondary N) is 2. The number of hydrogen-bond acceptors (Lipinski definition) is 6. The van der Waals surface area contributed by atoms with Gasteiger partial charge < -0.3 is 14.8 Å². The van der Waals surface area contributed by atoms with Crippen LogP contribution in [0.25, 0.3) is 16.6 Å². The average Bonchev–Trinajstić information content (AvgIpc) is 3.21. The van der Waals surface area contributed by atoms with Crippen molar-refractivity contribution in [2.75, 3.05) is 7.11 Å². The normalized spacial score (nSPS) is 12.3. The first-order valence-electron chi connectivity index (χ1n) is 9.90. The molecule has 168 valence electrons. The lowest BCUT2D eigenvalue weighted by molar-refractivity contribution is -0.142. The van der Waals surface area contributed by atoms with E-state index in [4.69, 9.17) is 16.3 Å². The molecular weight excluding hydrogens is 448 g/mol. The van der Waals surface area contributed by atoms with E-state index < -0.39 is 29.1 Å². The third kappa shape index (κ3) is 4.31. The topological polar surface area (TPSA) is 130 Å². The van der Waals surface area contributed by atoms with Crippen molar-refractivity contribution in [1.82, 2.24) is 14.5 Å². The highest BCUT2D eigenvalue weighted by molar-refractivity contribution is 6.32. The number of rotatable bonds is 6. The van der Waals surface area contributed by atoms with Gasteiger partial charge in [0.1, 0.15) is 5.56 Å². The second-order valence-electron chi connectivity index (χ2n) is 7.16. The van der Waals surface area contributed by atoms with Gasteiger partial charge >= 0.3 is 11.7 Å². The van der Waals surface area contributed by atoms with Crippen molar-refractivity contribution in [1.29, 1.82) is 0 Å². The molecule has 0 bridgehead atoms. The molecule has 0 aliphatic rings. The smallest absolute Gasteiger partial charge is 0.335 e. The number of esters is 1. The summed E-state index contributed by atoms with van der Waals surface area (Å²) in [6.07, 6.45) is 3.02. The predicted octanol–water partition coefficient (Wildman–Crippen LogP) is 2.57. The van der Waals surface area contributed by atoms with E-state index in [1.54, 1.807) is 18.3 Å². The predicted molar refractivity (Wildman–Crippen MR) is 125 cm³/mol. The van der Waals surface area contributed by atoms with E-state index in [0.29, 0.717) is 0 Å². The van der Waals surface area contributed by atoms with E-state index in [9.17, 15) is 19.5 Å². The Morgan fingerprint density at radius 1 is 1.21 bits per heavy atom. The molecule has 0 unspecified atom stereocenters. The third-order valence-electron chi connectivity index (χ3n) is 5.16. The van der Waals surface area contributed by atoms with Crippen LogP contribution in [0.1, 0.15) is 11.1 Å². The molecule has 0 amide bonds. The van der Waals surface area contributed by atoms with Crippen LogP contribution < -0.4 is 11.2 Å². The van der Waals surface area contributed by atoms with Gasteiger partial charge in [0.2, 0.25) is 5.88 Å². The fourth-order valence-electron chi connectivity index (χ4n) is 3.52. The summed E-state index contributed by atoms with van der Waals surface area (Å²) in [6.45, 7) is 0. The lowest BCUT2D eigenvalue weighted by Crippen LogP contribution is -2.32. The zero-order valence-electron chi connectivity index (χ0n) is 17.4. The maximum atomic E-state index is 12.4. The Bertz CT molecular complexity index is 1480. The molecule has 0 radical (unpaired) electrons. The molecule has 0 aliphatic heterocycles. The van der Waals surface area contributed by atoms with Gasteiger partial charge in [-0.1, -0.05) is 41.9 Å². The summed E-state index contributed by atoms with van der Waals surface area (Å²) in [5.41, 5.74) is -0.122. The minimum atomic E-state index is -0.992. The summed E-state index contributed by atoms with van der Waals surface area (Å²) < 4.78 is 5.73. The largest absolute Gasteiger partial charge is 0.493 e. The molecule has 0 spiro atoms. The molecular formula is C23H19ClN4O5. The van der Waals surface area contributed by atoms with Crippen molar-refractivity contribution in [2.24, 2.45) is 4.99 Å². The van der Waals surface area contributed by atoms with Crippen molar-refractivity contribution in [2.45, 2.75) is 12.5 Å². The molecule has 2 heterocycles. The van der Waals surface area contributed by atoms with Gasteiger partial charge in [0.15, 0.2) is 6.04 Å². The molecule has 4 aromatic rings. The Labute approximate surface area is 192 Å². The van der Waals surface area contributed by atoms with Crippen LogP contribution in [0.5, 0.6) is 5.88 Å².